The van der Waals surface area contributed by atoms with Gasteiger partial charge < -0.3 is 11.1 Å². The summed E-state index contributed by atoms with van der Waals surface area (Å²) in [5.41, 5.74) is 6.02. The van der Waals surface area contributed by atoms with Crippen LogP contribution in [0.1, 0.15) is 0 Å². The predicted molar refractivity (Wildman–Crippen MR) is 73.2 cm³/mol. The number of hydrogen-bond acceptors (Lipinski definition) is 4. The number of nitrogens with one attached hydrogen (secondary N) is 1. The number of nitrogens with two attached hydrogens (primary N) is 1. The van der Waals surface area contributed by atoms with E-state index in [-0.39, 0.29) is 11.6 Å². The molecule has 0 bridgehead atoms. The first-order valence-electron chi connectivity index (χ1n) is 5.80. The summed E-state index contributed by atoms with van der Waals surface area (Å²) in [6.07, 6.45) is 0. The summed E-state index contributed by atoms with van der Waals surface area (Å²) in [5, 5.41) is 2.72. The van der Waals surface area contributed by atoms with Crippen LogP contribution in [0, 0.1) is 5.82 Å². The van der Waals surface area contributed by atoms with Gasteiger partial charge in [0.25, 0.3) is 0 Å². The number of nitrogen functional groups attached to an aromatic ring is 1. The van der Waals surface area contributed by atoms with E-state index in [0.29, 0.717) is 12.2 Å². The summed E-state index contributed by atoms with van der Waals surface area (Å²) in [6, 6.07) is 4.19. The number of thioether (sulfide) groups is 1. The summed E-state index contributed by atoms with van der Waals surface area (Å²) in [6.45, 7) is 2.24. The average molecular weight is 269 g/mol. The first-order valence-corrected chi connectivity index (χ1v) is 6.95. The normalized spacial score (nSPS) is 16.5. The number of rotatable bonds is 3. The van der Waals surface area contributed by atoms with E-state index in [2.05, 4.69) is 10.2 Å². The molecule has 0 atom stereocenters. The topological polar surface area (TPSA) is 58.4 Å². The molecule has 18 heavy (non-hydrogen) atoms. The van der Waals surface area contributed by atoms with E-state index in [1.165, 1.54) is 18.2 Å². The lowest BCUT2D eigenvalue weighted by molar-refractivity contribution is -0.117. The molecule has 1 fully saturated rings. The fraction of sp³-hybridized carbons (Fsp3) is 0.417. The van der Waals surface area contributed by atoms with Gasteiger partial charge in [-0.3, -0.25) is 9.69 Å². The molecule has 1 aromatic rings. The van der Waals surface area contributed by atoms with E-state index in [1.807, 2.05) is 11.8 Å². The Morgan fingerprint density at radius 3 is 2.83 bits per heavy atom. The molecule has 0 unspecified atom stereocenters. The molecule has 2 rings (SSSR count). The van der Waals surface area contributed by atoms with E-state index < -0.39 is 5.82 Å². The second kappa shape index (κ2) is 6.06. The van der Waals surface area contributed by atoms with Crippen molar-refractivity contribution in [1.82, 2.24) is 4.90 Å². The van der Waals surface area contributed by atoms with Gasteiger partial charge in [0.2, 0.25) is 5.91 Å². The minimum absolute atomic E-state index is 0.0437. The predicted octanol–water partition coefficient (Wildman–Crippen LogP) is 1.40. The molecule has 0 aliphatic carbocycles. The van der Waals surface area contributed by atoms with Gasteiger partial charge in [-0.15, -0.1) is 0 Å². The number of nitrogens with zero attached hydrogens (tertiary/aromatic N) is 1. The number of carbonyl (C=O) groups excluding carboxylic acids is 1. The van der Waals surface area contributed by atoms with Gasteiger partial charge in [0.05, 0.1) is 12.2 Å². The van der Waals surface area contributed by atoms with Crippen LogP contribution in [0.3, 0.4) is 0 Å². The summed E-state index contributed by atoms with van der Waals surface area (Å²) in [4.78, 5) is 13.9. The fourth-order valence-electron chi connectivity index (χ4n) is 1.78. The molecule has 4 nitrogen and oxygen atoms in total. The smallest absolute Gasteiger partial charge is 0.238 e. The Bertz CT molecular complexity index is 435. The Kier molecular flexibility index (Phi) is 4.43. The minimum Gasteiger partial charge on any atom is -0.396 e. The summed E-state index contributed by atoms with van der Waals surface area (Å²) in [5.74, 6) is 1.57. The largest absolute Gasteiger partial charge is 0.396 e. The van der Waals surface area contributed by atoms with Gasteiger partial charge in [-0.25, -0.2) is 4.39 Å². The van der Waals surface area contributed by atoms with Gasteiger partial charge >= 0.3 is 0 Å². The van der Waals surface area contributed by atoms with Crippen LogP contribution in [0.2, 0.25) is 0 Å². The molecule has 1 aliphatic heterocycles. The van der Waals surface area contributed by atoms with E-state index in [0.717, 1.165) is 24.6 Å². The van der Waals surface area contributed by atoms with Gasteiger partial charge in [-0.05, 0) is 18.2 Å². The first kappa shape index (κ1) is 13.2. The zero-order chi connectivity index (χ0) is 13.0. The zero-order valence-electron chi connectivity index (χ0n) is 9.99. The Labute approximate surface area is 110 Å². The summed E-state index contributed by atoms with van der Waals surface area (Å²) >= 11 is 1.90. The minimum atomic E-state index is -0.471. The third kappa shape index (κ3) is 3.61. The zero-order valence-corrected chi connectivity index (χ0v) is 10.8. The highest BCUT2D eigenvalue weighted by molar-refractivity contribution is 7.99. The summed E-state index contributed by atoms with van der Waals surface area (Å²) < 4.78 is 13.0. The van der Waals surface area contributed by atoms with E-state index in [9.17, 15) is 9.18 Å². The van der Waals surface area contributed by atoms with Crippen LogP contribution in [0.4, 0.5) is 15.8 Å². The highest BCUT2D eigenvalue weighted by Crippen LogP contribution is 2.16. The van der Waals surface area contributed by atoms with Crippen LogP contribution < -0.4 is 11.1 Å². The lowest BCUT2D eigenvalue weighted by Gasteiger charge is -2.25. The third-order valence-corrected chi connectivity index (χ3v) is 3.69. The van der Waals surface area contributed by atoms with Crippen LogP contribution in [-0.4, -0.2) is 41.9 Å². The number of carbonyl (C=O) groups is 1. The molecule has 0 radical (unpaired) electrons. The van der Waals surface area contributed by atoms with Gasteiger partial charge in [-0.2, -0.15) is 11.8 Å². The Hall–Kier alpha value is -1.27. The molecule has 0 saturated carbocycles. The standard InChI is InChI=1S/C12H16FN3OS/c13-10-2-1-9(7-11(10)14)15-12(17)8-16-3-5-18-6-4-16/h1-2,7H,3-6,8,14H2,(H,15,17). The fourth-order valence-corrected chi connectivity index (χ4v) is 2.76. The van der Waals surface area contributed by atoms with E-state index in [4.69, 9.17) is 5.73 Å². The lowest BCUT2D eigenvalue weighted by Crippen LogP contribution is -2.38. The summed E-state index contributed by atoms with van der Waals surface area (Å²) in [7, 11) is 0. The van der Waals surface area contributed by atoms with Crippen molar-refractivity contribution in [1.29, 1.82) is 0 Å². The Balaban J connectivity index is 1.88. The molecule has 1 aliphatic rings. The van der Waals surface area contributed by atoms with Gasteiger partial charge in [0.15, 0.2) is 0 Å². The van der Waals surface area contributed by atoms with Crippen LogP contribution in [0.5, 0.6) is 0 Å². The lowest BCUT2D eigenvalue weighted by atomic mass is 10.2. The van der Waals surface area contributed by atoms with Crippen molar-refractivity contribution in [2.45, 2.75) is 0 Å². The first-order chi connectivity index (χ1) is 8.65. The number of benzene rings is 1. The molecule has 0 aromatic heterocycles. The van der Waals surface area contributed by atoms with Crippen LogP contribution in [0.15, 0.2) is 18.2 Å². The highest BCUT2D eigenvalue weighted by Gasteiger charge is 2.14. The second-order valence-corrected chi connectivity index (χ2v) is 5.40. The molecule has 0 spiro atoms. The molecule has 1 saturated heterocycles. The van der Waals surface area contributed by atoms with Gasteiger partial charge in [-0.1, -0.05) is 0 Å². The molecular weight excluding hydrogens is 253 g/mol. The molecule has 98 valence electrons. The Morgan fingerprint density at radius 1 is 1.44 bits per heavy atom. The quantitative estimate of drug-likeness (QED) is 0.814. The van der Waals surface area contributed by atoms with E-state index >= 15 is 0 Å². The maximum Gasteiger partial charge on any atom is 0.238 e. The van der Waals surface area contributed by atoms with Crippen molar-refractivity contribution >= 4 is 29.0 Å². The average Bonchev–Trinajstić information content (AvgIpc) is 2.35. The number of hydrogen-bond donors (Lipinski definition) is 2. The van der Waals surface area contributed by atoms with Crippen molar-refractivity contribution in [3.8, 4) is 0 Å². The molecular formula is C12H16FN3OS. The Morgan fingerprint density at radius 2 is 2.17 bits per heavy atom. The molecule has 6 heteroatoms. The third-order valence-electron chi connectivity index (χ3n) is 2.75. The van der Waals surface area contributed by atoms with Crippen molar-refractivity contribution in [3.05, 3.63) is 24.0 Å². The number of amides is 1. The molecule has 1 aromatic carbocycles. The molecule has 3 N–H and O–H groups in total. The van der Waals surface area contributed by atoms with E-state index in [1.54, 1.807) is 0 Å². The van der Waals surface area contributed by atoms with Crippen molar-refractivity contribution in [3.63, 3.8) is 0 Å². The molecule has 1 amide bonds. The highest BCUT2D eigenvalue weighted by atomic mass is 32.2. The van der Waals surface area contributed by atoms with Crippen molar-refractivity contribution in [2.24, 2.45) is 0 Å². The van der Waals surface area contributed by atoms with Crippen LogP contribution in [0.25, 0.3) is 0 Å². The monoisotopic (exact) mass is 269 g/mol. The van der Waals surface area contributed by atoms with Gasteiger partial charge in [0, 0.05) is 30.3 Å². The van der Waals surface area contributed by atoms with Crippen molar-refractivity contribution in [2.75, 3.05) is 42.2 Å². The van der Waals surface area contributed by atoms with Gasteiger partial charge in [0.1, 0.15) is 5.82 Å². The maximum atomic E-state index is 13.0. The maximum absolute atomic E-state index is 13.0. The van der Waals surface area contributed by atoms with Crippen LogP contribution >= 0.6 is 11.8 Å². The number of halogens is 1. The van der Waals surface area contributed by atoms with Crippen LogP contribution in [-0.2, 0) is 4.79 Å². The van der Waals surface area contributed by atoms with Crippen molar-refractivity contribution < 1.29 is 9.18 Å². The second-order valence-electron chi connectivity index (χ2n) is 4.17. The molecule has 1 heterocycles. The number of anilines is 2. The SMILES string of the molecule is Nc1cc(NC(=O)CN2CCSCC2)ccc1F.